The van der Waals surface area contributed by atoms with Crippen molar-refractivity contribution in [1.82, 2.24) is 34.7 Å². The molecule has 0 saturated carbocycles. The number of halogens is 1. The number of carbonyl (C=O) groups is 1. The molecule has 2 fully saturated rings. The van der Waals surface area contributed by atoms with Crippen molar-refractivity contribution in [3.8, 4) is 22.8 Å². The number of methoxy groups -OCH3 is 2. The Morgan fingerprint density at radius 2 is 1.60 bits per heavy atom. The van der Waals surface area contributed by atoms with Crippen LogP contribution in [-0.2, 0) is 29.5 Å². The minimum atomic E-state index is -1.02. The van der Waals surface area contributed by atoms with Crippen molar-refractivity contribution < 1.29 is 19.0 Å². The van der Waals surface area contributed by atoms with Gasteiger partial charge in [-0.3, -0.25) is 14.7 Å². The highest BCUT2D eigenvalue weighted by molar-refractivity contribution is 9.10. The molecular weight excluding hydrogens is 762 g/mol. The van der Waals surface area contributed by atoms with Crippen molar-refractivity contribution in [2.24, 2.45) is 0 Å². The standard InChI is InChI=1S/C41H44BrN9O4/c1-49-14-15-51(38(52)29-21-31(42)26-43-23-29)41(22-28-6-10-33(54-3)11-7-28,35(49)20-27-4-8-32(53-2)9-5-27)39-45-24-30(25-46-39)36-34-12-13-44-37(34)48-40(47-36)50-16-18-55-19-17-50/h4-11,21,23-26,35H,12-20,22H2,1-3H3,(H,44,47,48). The molecule has 2 aromatic carbocycles. The third-order valence-corrected chi connectivity index (χ3v) is 11.4. The van der Waals surface area contributed by atoms with Crippen molar-refractivity contribution in [2.75, 3.05) is 77.4 Å². The van der Waals surface area contributed by atoms with Crippen molar-refractivity contribution in [3.63, 3.8) is 0 Å². The average molecular weight is 807 g/mol. The van der Waals surface area contributed by atoms with E-state index in [-0.39, 0.29) is 11.9 Å². The van der Waals surface area contributed by atoms with E-state index in [1.165, 1.54) is 0 Å². The van der Waals surface area contributed by atoms with Crippen LogP contribution in [0.4, 0.5) is 11.8 Å². The molecule has 2 saturated heterocycles. The highest BCUT2D eigenvalue weighted by Gasteiger charge is 2.54. The molecule has 1 N–H and O–H groups in total. The number of ether oxygens (including phenoxy) is 3. The van der Waals surface area contributed by atoms with E-state index >= 15 is 0 Å². The third kappa shape index (κ3) is 7.33. The van der Waals surface area contributed by atoms with Gasteiger partial charge in [0.25, 0.3) is 5.91 Å². The first-order valence-corrected chi connectivity index (χ1v) is 19.3. The first-order valence-electron chi connectivity index (χ1n) is 18.6. The zero-order chi connectivity index (χ0) is 37.9. The maximum atomic E-state index is 14.9. The van der Waals surface area contributed by atoms with E-state index in [4.69, 9.17) is 34.1 Å². The summed E-state index contributed by atoms with van der Waals surface area (Å²) in [6, 6.07) is 17.7. The number of amides is 1. The van der Waals surface area contributed by atoms with Crippen LogP contribution in [0.25, 0.3) is 11.3 Å². The Bertz CT molecular complexity index is 2130. The van der Waals surface area contributed by atoms with E-state index in [1.54, 1.807) is 26.6 Å². The van der Waals surface area contributed by atoms with Crippen LogP contribution < -0.4 is 19.7 Å². The van der Waals surface area contributed by atoms with Gasteiger partial charge in [0, 0.05) is 85.6 Å². The number of anilines is 2. The van der Waals surface area contributed by atoms with Gasteiger partial charge < -0.3 is 29.3 Å². The number of pyridine rings is 1. The molecule has 2 unspecified atom stereocenters. The fourth-order valence-corrected chi connectivity index (χ4v) is 8.39. The topological polar surface area (TPSA) is 131 Å². The van der Waals surface area contributed by atoms with E-state index in [9.17, 15) is 4.79 Å². The van der Waals surface area contributed by atoms with E-state index in [1.807, 2.05) is 47.6 Å². The molecule has 2 atom stereocenters. The van der Waals surface area contributed by atoms with Gasteiger partial charge in [0.15, 0.2) is 5.82 Å². The summed E-state index contributed by atoms with van der Waals surface area (Å²) in [4.78, 5) is 46.2. The Labute approximate surface area is 329 Å². The normalized spacial score (nSPS) is 19.8. The molecule has 0 spiro atoms. The number of hydrogen-bond acceptors (Lipinski definition) is 12. The average Bonchev–Trinajstić information content (AvgIpc) is 3.72. The van der Waals surface area contributed by atoms with Gasteiger partial charge >= 0.3 is 0 Å². The molecule has 0 aliphatic carbocycles. The Morgan fingerprint density at radius 3 is 2.27 bits per heavy atom. The first kappa shape index (κ1) is 36.8. The molecule has 3 aromatic heterocycles. The van der Waals surface area contributed by atoms with Gasteiger partial charge in [0.05, 0.1) is 38.7 Å². The number of piperazine rings is 1. The molecule has 0 radical (unpaired) electrons. The van der Waals surface area contributed by atoms with Crippen LogP contribution in [-0.4, -0.2) is 114 Å². The predicted molar refractivity (Wildman–Crippen MR) is 213 cm³/mol. The first-order chi connectivity index (χ1) is 26.9. The lowest BCUT2D eigenvalue weighted by molar-refractivity contribution is -0.0376. The van der Waals surface area contributed by atoms with Crippen LogP contribution in [0.15, 0.2) is 83.9 Å². The number of rotatable bonds is 10. The molecule has 14 heteroatoms. The van der Waals surface area contributed by atoms with Crippen LogP contribution in [0.5, 0.6) is 11.5 Å². The smallest absolute Gasteiger partial charge is 0.256 e. The number of benzene rings is 2. The molecular formula is C41H44BrN9O4. The summed E-state index contributed by atoms with van der Waals surface area (Å²) in [7, 11) is 5.45. The Hall–Kier alpha value is -5.18. The van der Waals surface area contributed by atoms with E-state index < -0.39 is 5.54 Å². The molecule has 3 aliphatic rings. The summed E-state index contributed by atoms with van der Waals surface area (Å²) in [6.45, 7) is 4.61. The van der Waals surface area contributed by atoms with E-state index in [2.05, 4.69) is 67.3 Å². The van der Waals surface area contributed by atoms with Gasteiger partial charge in [0.2, 0.25) is 5.95 Å². The highest BCUT2D eigenvalue weighted by Crippen LogP contribution is 2.42. The maximum Gasteiger partial charge on any atom is 0.256 e. The molecule has 13 nitrogen and oxygen atoms in total. The predicted octanol–water partition coefficient (Wildman–Crippen LogP) is 5.05. The lowest BCUT2D eigenvalue weighted by Gasteiger charge is -2.55. The summed E-state index contributed by atoms with van der Waals surface area (Å²) in [5.74, 6) is 3.46. The summed E-state index contributed by atoms with van der Waals surface area (Å²) in [5, 5.41) is 3.45. The van der Waals surface area contributed by atoms with Gasteiger partial charge in [0.1, 0.15) is 22.9 Å². The molecule has 5 aromatic rings. The van der Waals surface area contributed by atoms with Gasteiger partial charge in [-0.05, 0) is 77.3 Å². The lowest BCUT2D eigenvalue weighted by Crippen LogP contribution is -2.68. The summed E-state index contributed by atoms with van der Waals surface area (Å²) < 4.78 is 17.3. The second kappa shape index (κ2) is 15.9. The molecule has 6 heterocycles. The van der Waals surface area contributed by atoms with Crippen LogP contribution in [0, 0.1) is 0 Å². The number of aromatic nitrogens is 5. The van der Waals surface area contributed by atoms with Crippen molar-refractivity contribution in [2.45, 2.75) is 30.8 Å². The van der Waals surface area contributed by atoms with Gasteiger partial charge in [-0.2, -0.15) is 4.98 Å². The Kier molecular flexibility index (Phi) is 10.6. The number of morpholine rings is 1. The second-order valence-corrected chi connectivity index (χ2v) is 15.0. The summed E-state index contributed by atoms with van der Waals surface area (Å²) >= 11 is 3.54. The van der Waals surface area contributed by atoms with Crippen LogP contribution in [0.2, 0.25) is 0 Å². The molecule has 55 heavy (non-hydrogen) atoms. The van der Waals surface area contributed by atoms with Crippen LogP contribution >= 0.6 is 15.9 Å². The SMILES string of the molecule is COc1ccc(CC2N(C)CCN(C(=O)c3cncc(Br)c3)C2(Cc2ccc(OC)cc2)c2ncc(-c3nc(N4CCOCC4)nc4c3CCN4)cn2)cc1. The second-order valence-electron chi connectivity index (χ2n) is 14.1. The maximum absolute atomic E-state index is 14.9. The number of likely N-dealkylation sites (N-methyl/N-ethyl adjacent to an activating group) is 1. The zero-order valence-electron chi connectivity index (χ0n) is 31.2. The van der Waals surface area contributed by atoms with E-state index in [0.717, 1.165) is 75.8 Å². The minimum absolute atomic E-state index is 0.141. The minimum Gasteiger partial charge on any atom is -0.497 e. The summed E-state index contributed by atoms with van der Waals surface area (Å²) in [5.41, 5.74) is 4.25. The van der Waals surface area contributed by atoms with Crippen LogP contribution in [0.3, 0.4) is 0 Å². The fourth-order valence-electron chi connectivity index (χ4n) is 8.03. The fraction of sp³-hybridized carbons (Fsp3) is 0.366. The number of carbonyl (C=O) groups excluding carboxylic acids is 1. The number of nitrogens with one attached hydrogen (secondary N) is 1. The highest BCUT2D eigenvalue weighted by atomic mass is 79.9. The Morgan fingerprint density at radius 1 is 0.909 bits per heavy atom. The quantitative estimate of drug-likeness (QED) is 0.203. The summed E-state index contributed by atoms with van der Waals surface area (Å²) in [6.07, 6.45) is 8.91. The molecule has 3 aliphatic heterocycles. The number of nitrogens with zero attached hydrogens (tertiary/aromatic N) is 8. The third-order valence-electron chi connectivity index (χ3n) is 10.9. The van der Waals surface area contributed by atoms with Gasteiger partial charge in [-0.25, -0.2) is 15.0 Å². The van der Waals surface area contributed by atoms with Crippen LogP contribution in [0.1, 0.15) is 32.9 Å². The largest absolute Gasteiger partial charge is 0.497 e. The zero-order valence-corrected chi connectivity index (χ0v) is 32.8. The monoisotopic (exact) mass is 805 g/mol. The molecule has 1 amide bonds. The number of fused-ring (bicyclic) bond motifs is 1. The molecule has 0 bridgehead atoms. The van der Waals surface area contributed by atoms with Gasteiger partial charge in [-0.15, -0.1) is 0 Å². The van der Waals surface area contributed by atoms with Crippen molar-refractivity contribution >= 4 is 33.6 Å². The number of hydrogen-bond donors (Lipinski definition) is 1. The lowest BCUT2D eigenvalue weighted by atomic mass is 9.75. The molecule has 8 rings (SSSR count). The van der Waals surface area contributed by atoms with Crippen molar-refractivity contribution in [1.29, 1.82) is 0 Å². The molecule has 284 valence electrons. The van der Waals surface area contributed by atoms with E-state index in [0.29, 0.717) is 56.5 Å². The van der Waals surface area contributed by atoms with Crippen molar-refractivity contribution in [3.05, 3.63) is 112 Å². The Balaban J connectivity index is 1.29. The van der Waals surface area contributed by atoms with Gasteiger partial charge in [-0.1, -0.05) is 24.3 Å².